The molecule has 1 fully saturated rings. The third-order valence-electron chi connectivity index (χ3n) is 4.26. The predicted octanol–water partition coefficient (Wildman–Crippen LogP) is 1.86. The third kappa shape index (κ3) is 2.94. The summed E-state index contributed by atoms with van der Waals surface area (Å²) in [5, 5.41) is 17.8. The van der Waals surface area contributed by atoms with Crippen molar-refractivity contribution in [2.75, 3.05) is 7.11 Å². The highest BCUT2D eigenvalue weighted by Crippen LogP contribution is 2.23. The molecule has 120 valence electrons. The third-order valence-corrected chi connectivity index (χ3v) is 4.26. The van der Waals surface area contributed by atoms with Gasteiger partial charge in [0.25, 0.3) is 0 Å². The Bertz CT molecular complexity index is 653. The maximum absolute atomic E-state index is 9.89. The van der Waals surface area contributed by atoms with Crippen molar-refractivity contribution in [3.05, 3.63) is 23.7 Å². The number of aliphatic hydroxyl groups excluding tert-OH is 1. The van der Waals surface area contributed by atoms with E-state index in [1.807, 2.05) is 12.3 Å². The summed E-state index contributed by atoms with van der Waals surface area (Å²) in [5.41, 5.74) is 1.82. The molecule has 3 rings (SSSR count). The van der Waals surface area contributed by atoms with E-state index in [4.69, 9.17) is 4.74 Å². The summed E-state index contributed by atoms with van der Waals surface area (Å²) < 4.78 is 7.24. The highest BCUT2D eigenvalue weighted by Gasteiger charge is 2.24. The van der Waals surface area contributed by atoms with Crippen molar-refractivity contribution in [2.24, 2.45) is 0 Å². The van der Waals surface area contributed by atoms with Crippen LogP contribution in [0.25, 0.3) is 5.65 Å². The summed E-state index contributed by atoms with van der Waals surface area (Å²) in [6, 6.07) is 2.17. The van der Waals surface area contributed by atoms with Crippen LogP contribution in [0.15, 0.2) is 12.3 Å². The largest absolute Gasteiger partial charge is 0.493 e. The molecule has 2 atom stereocenters. The molecule has 0 bridgehead atoms. The molecule has 1 aliphatic rings. The first-order chi connectivity index (χ1) is 10.6. The number of aromatic nitrogens is 3. The van der Waals surface area contributed by atoms with Gasteiger partial charge in [0.05, 0.1) is 13.2 Å². The Morgan fingerprint density at radius 2 is 2.27 bits per heavy atom. The van der Waals surface area contributed by atoms with Gasteiger partial charge in [0.2, 0.25) is 0 Å². The number of hydrogen-bond acceptors (Lipinski definition) is 5. The van der Waals surface area contributed by atoms with Gasteiger partial charge < -0.3 is 15.2 Å². The first-order valence-electron chi connectivity index (χ1n) is 7.93. The van der Waals surface area contributed by atoms with Crippen LogP contribution in [-0.2, 0) is 6.54 Å². The van der Waals surface area contributed by atoms with Crippen molar-refractivity contribution >= 4 is 5.65 Å². The topological polar surface area (TPSA) is 71.7 Å². The highest BCUT2D eigenvalue weighted by atomic mass is 16.5. The van der Waals surface area contributed by atoms with Crippen LogP contribution in [0.1, 0.15) is 50.4 Å². The molecule has 2 unspecified atom stereocenters. The predicted molar refractivity (Wildman–Crippen MR) is 84.1 cm³/mol. The number of rotatable bonds is 5. The van der Waals surface area contributed by atoms with E-state index in [2.05, 4.69) is 29.2 Å². The first-order valence-corrected chi connectivity index (χ1v) is 7.93. The SMILES string of the molecule is COc1cc(CNC2CCCC2O)cn2nc(C(C)C)nc12. The lowest BCUT2D eigenvalue weighted by Gasteiger charge is -2.16. The molecule has 2 heterocycles. The van der Waals surface area contributed by atoms with Crippen LogP contribution in [-0.4, -0.2) is 39.0 Å². The molecule has 2 N–H and O–H groups in total. The lowest BCUT2D eigenvalue weighted by Crippen LogP contribution is -2.35. The standard InChI is InChI=1S/C16H24N4O2/c1-10(2)15-18-16-14(22-3)7-11(9-20(16)19-15)8-17-12-5-4-6-13(12)21/h7,9-10,12-13,17,21H,4-6,8H2,1-3H3. The molecule has 0 saturated heterocycles. The first kappa shape index (κ1) is 15.2. The summed E-state index contributed by atoms with van der Waals surface area (Å²) in [5.74, 6) is 1.82. The van der Waals surface area contributed by atoms with Gasteiger partial charge in [-0.15, -0.1) is 0 Å². The number of nitrogens with zero attached hydrogens (tertiary/aromatic N) is 3. The van der Waals surface area contributed by atoms with Crippen LogP contribution in [0.3, 0.4) is 0 Å². The molecule has 0 amide bonds. The van der Waals surface area contributed by atoms with Crippen molar-refractivity contribution < 1.29 is 9.84 Å². The zero-order valence-corrected chi connectivity index (χ0v) is 13.4. The monoisotopic (exact) mass is 304 g/mol. The van der Waals surface area contributed by atoms with E-state index in [0.29, 0.717) is 6.54 Å². The van der Waals surface area contributed by atoms with Gasteiger partial charge >= 0.3 is 0 Å². The number of ether oxygens (including phenoxy) is 1. The average molecular weight is 304 g/mol. The summed E-state index contributed by atoms with van der Waals surface area (Å²) >= 11 is 0. The maximum Gasteiger partial charge on any atom is 0.198 e. The minimum atomic E-state index is -0.232. The molecular weight excluding hydrogens is 280 g/mol. The zero-order valence-electron chi connectivity index (χ0n) is 13.4. The van der Waals surface area contributed by atoms with Crippen LogP contribution in [0.5, 0.6) is 5.75 Å². The molecule has 1 saturated carbocycles. The zero-order chi connectivity index (χ0) is 15.7. The number of fused-ring (bicyclic) bond motifs is 1. The van der Waals surface area contributed by atoms with Gasteiger partial charge in [-0.2, -0.15) is 5.10 Å². The summed E-state index contributed by atoms with van der Waals surface area (Å²) in [6.45, 7) is 4.83. The number of aliphatic hydroxyl groups is 1. The molecule has 6 nitrogen and oxygen atoms in total. The minimum Gasteiger partial charge on any atom is -0.493 e. The normalized spacial score (nSPS) is 21.9. The van der Waals surface area contributed by atoms with Crippen LogP contribution in [0.2, 0.25) is 0 Å². The lowest BCUT2D eigenvalue weighted by atomic mass is 10.2. The molecule has 22 heavy (non-hydrogen) atoms. The minimum absolute atomic E-state index is 0.184. The lowest BCUT2D eigenvalue weighted by molar-refractivity contribution is 0.148. The van der Waals surface area contributed by atoms with Gasteiger partial charge in [0.1, 0.15) is 0 Å². The second-order valence-corrected chi connectivity index (χ2v) is 6.30. The fourth-order valence-electron chi connectivity index (χ4n) is 2.94. The second kappa shape index (κ2) is 6.22. The summed E-state index contributed by atoms with van der Waals surface area (Å²) in [6.07, 6.45) is 4.75. The van der Waals surface area contributed by atoms with Crippen molar-refractivity contribution in [3.8, 4) is 5.75 Å². The smallest absolute Gasteiger partial charge is 0.198 e. The van der Waals surface area contributed by atoms with Crippen molar-refractivity contribution in [1.29, 1.82) is 0 Å². The van der Waals surface area contributed by atoms with Crippen LogP contribution in [0, 0.1) is 0 Å². The molecule has 1 aliphatic carbocycles. The van der Waals surface area contributed by atoms with E-state index in [9.17, 15) is 5.11 Å². The van der Waals surface area contributed by atoms with E-state index in [1.165, 1.54) is 0 Å². The second-order valence-electron chi connectivity index (χ2n) is 6.30. The van der Waals surface area contributed by atoms with Crippen molar-refractivity contribution in [1.82, 2.24) is 19.9 Å². The van der Waals surface area contributed by atoms with Crippen LogP contribution >= 0.6 is 0 Å². The van der Waals surface area contributed by atoms with E-state index < -0.39 is 0 Å². The molecule has 0 aliphatic heterocycles. The number of nitrogens with one attached hydrogen (secondary N) is 1. The Balaban J connectivity index is 1.83. The Labute approximate surface area is 130 Å². The molecule has 6 heteroatoms. The highest BCUT2D eigenvalue weighted by molar-refractivity contribution is 5.54. The molecule has 0 spiro atoms. The summed E-state index contributed by atoms with van der Waals surface area (Å²) in [7, 11) is 1.65. The molecular formula is C16H24N4O2. The summed E-state index contributed by atoms with van der Waals surface area (Å²) in [4.78, 5) is 4.54. The molecule has 0 aromatic carbocycles. The molecule has 2 aromatic rings. The van der Waals surface area contributed by atoms with Gasteiger partial charge in [-0.3, -0.25) is 0 Å². The van der Waals surface area contributed by atoms with E-state index in [1.54, 1.807) is 11.6 Å². The average Bonchev–Trinajstić information content (AvgIpc) is 3.10. The fourth-order valence-corrected chi connectivity index (χ4v) is 2.94. The molecule has 2 aromatic heterocycles. The Hall–Kier alpha value is -1.66. The van der Waals surface area contributed by atoms with Gasteiger partial charge in [-0.05, 0) is 30.9 Å². The van der Waals surface area contributed by atoms with Crippen LogP contribution in [0.4, 0.5) is 0 Å². The Morgan fingerprint density at radius 1 is 1.45 bits per heavy atom. The number of pyridine rings is 1. The number of hydrogen-bond donors (Lipinski definition) is 2. The van der Waals surface area contributed by atoms with Gasteiger partial charge in [0.15, 0.2) is 17.2 Å². The quantitative estimate of drug-likeness (QED) is 0.882. The van der Waals surface area contributed by atoms with E-state index >= 15 is 0 Å². The van der Waals surface area contributed by atoms with E-state index in [-0.39, 0.29) is 18.1 Å². The Kier molecular flexibility index (Phi) is 4.31. The van der Waals surface area contributed by atoms with Crippen molar-refractivity contribution in [3.63, 3.8) is 0 Å². The van der Waals surface area contributed by atoms with Gasteiger partial charge in [-0.25, -0.2) is 9.50 Å². The van der Waals surface area contributed by atoms with E-state index in [0.717, 1.165) is 42.0 Å². The number of methoxy groups -OCH3 is 1. The van der Waals surface area contributed by atoms with Crippen LogP contribution < -0.4 is 10.1 Å². The maximum atomic E-state index is 9.89. The fraction of sp³-hybridized carbons (Fsp3) is 0.625. The molecule has 0 radical (unpaired) electrons. The Morgan fingerprint density at radius 3 is 2.91 bits per heavy atom. The van der Waals surface area contributed by atoms with Gasteiger partial charge in [0, 0.05) is 24.7 Å². The van der Waals surface area contributed by atoms with Gasteiger partial charge in [-0.1, -0.05) is 13.8 Å². The van der Waals surface area contributed by atoms with Crippen molar-refractivity contribution in [2.45, 2.75) is 57.7 Å².